The van der Waals surface area contributed by atoms with Gasteiger partial charge in [0.05, 0.1) is 6.10 Å². The fourth-order valence-electron chi connectivity index (χ4n) is 1.78. The second kappa shape index (κ2) is 6.25. The number of carbonyl (C=O) groups is 1. The average Bonchev–Trinajstić information content (AvgIpc) is 2.45. The summed E-state index contributed by atoms with van der Waals surface area (Å²) in [6, 6.07) is 11.0. The molecule has 1 amide bonds. The average molecular weight is 277 g/mol. The third-order valence-corrected chi connectivity index (χ3v) is 2.81. The van der Waals surface area contributed by atoms with Crippen molar-refractivity contribution in [1.29, 1.82) is 0 Å². The van der Waals surface area contributed by atoms with E-state index in [1.807, 2.05) is 0 Å². The molecule has 0 saturated carbocycles. The molecule has 1 unspecified atom stereocenters. The zero-order valence-electron chi connectivity index (χ0n) is 10.5. The van der Waals surface area contributed by atoms with Crippen molar-refractivity contribution in [2.24, 2.45) is 0 Å². The summed E-state index contributed by atoms with van der Waals surface area (Å²) in [6.45, 7) is -0.156. The molecule has 0 aliphatic rings. The predicted molar refractivity (Wildman–Crippen MR) is 70.1 cm³/mol. The third-order valence-electron chi connectivity index (χ3n) is 2.81. The van der Waals surface area contributed by atoms with Gasteiger partial charge in [0.2, 0.25) is 0 Å². The summed E-state index contributed by atoms with van der Waals surface area (Å²) in [5.41, 5.74) is 0.248. The summed E-state index contributed by atoms with van der Waals surface area (Å²) in [6.07, 6.45) is -1.16. The lowest BCUT2D eigenvalue weighted by atomic mass is 10.1. The molecule has 20 heavy (non-hydrogen) atoms. The summed E-state index contributed by atoms with van der Waals surface area (Å²) < 4.78 is 26.4. The van der Waals surface area contributed by atoms with Crippen LogP contribution in [0.5, 0.6) is 0 Å². The van der Waals surface area contributed by atoms with Gasteiger partial charge in [0.1, 0.15) is 11.6 Å². The first-order valence-electron chi connectivity index (χ1n) is 6.04. The maximum absolute atomic E-state index is 13.4. The SMILES string of the molecule is O=C(NCC(O)c1ccccc1F)c1cccc(F)c1. The number of aliphatic hydroxyl groups is 1. The summed E-state index contributed by atoms with van der Waals surface area (Å²) in [5.74, 6) is -1.59. The first-order chi connectivity index (χ1) is 9.58. The Labute approximate surface area is 114 Å². The molecule has 3 nitrogen and oxygen atoms in total. The summed E-state index contributed by atoms with van der Waals surface area (Å²) in [4.78, 5) is 11.7. The van der Waals surface area contributed by atoms with Crippen LogP contribution in [0.2, 0.25) is 0 Å². The van der Waals surface area contributed by atoms with Crippen LogP contribution < -0.4 is 5.32 Å². The van der Waals surface area contributed by atoms with Crippen LogP contribution in [0.3, 0.4) is 0 Å². The molecule has 104 valence electrons. The minimum atomic E-state index is -1.16. The van der Waals surface area contributed by atoms with Crippen LogP contribution in [0.1, 0.15) is 22.0 Å². The Morgan fingerprint density at radius 3 is 2.60 bits per heavy atom. The molecule has 2 rings (SSSR count). The number of hydrogen-bond donors (Lipinski definition) is 2. The van der Waals surface area contributed by atoms with Gasteiger partial charge in [-0.25, -0.2) is 8.78 Å². The number of amides is 1. The standard InChI is InChI=1S/C15H13F2NO2/c16-11-5-3-4-10(8-11)15(20)18-9-14(19)12-6-1-2-7-13(12)17/h1-8,14,19H,9H2,(H,18,20). The third kappa shape index (κ3) is 3.39. The van der Waals surface area contributed by atoms with Gasteiger partial charge in [-0.2, -0.15) is 0 Å². The van der Waals surface area contributed by atoms with Crippen molar-refractivity contribution in [3.63, 3.8) is 0 Å². The summed E-state index contributed by atoms with van der Waals surface area (Å²) >= 11 is 0. The van der Waals surface area contributed by atoms with Gasteiger partial charge in [-0.15, -0.1) is 0 Å². The fourth-order valence-corrected chi connectivity index (χ4v) is 1.78. The summed E-state index contributed by atoms with van der Waals surface area (Å²) in [5, 5.41) is 12.3. The smallest absolute Gasteiger partial charge is 0.251 e. The number of carbonyl (C=O) groups excluding carboxylic acids is 1. The Morgan fingerprint density at radius 2 is 1.90 bits per heavy atom. The molecule has 2 N–H and O–H groups in total. The van der Waals surface area contributed by atoms with Crippen molar-refractivity contribution >= 4 is 5.91 Å². The number of aliphatic hydroxyl groups excluding tert-OH is 1. The Balaban J connectivity index is 1.99. The van der Waals surface area contributed by atoms with Crippen molar-refractivity contribution < 1.29 is 18.7 Å². The summed E-state index contributed by atoms with van der Waals surface area (Å²) in [7, 11) is 0. The maximum atomic E-state index is 13.4. The molecule has 0 radical (unpaired) electrons. The van der Waals surface area contributed by atoms with E-state index < -0.39 is 23.6 Å². The van der Waals surface area contributed by atoms with Gasteiger partial charge in [-0.3, -0.25) is 4.79 Å². The molecule has 2 aromatic carbocycles. The molecule has 2 aromatic rings. The Bertz CT molecular complexity index is 616. The second-order valence-electron chi connectivity index (χ2n) is 4.26. The van der Waals surface area contributed by atoms with Gasteiger partial charge >= 0.3 is 0 Å². The molecule has 0 fully saturated rings. The molecule has 5 heteroatoms. The van der Waals surface area contributed by atoms with Crippen LogP contribution in [-0.2, 0) is 0 Å². The molecular formula is C15H13F2NO2. The van der Waals surface area contributed by atoms with Gasteiger partial charge < -0.3 is 10.4 Å². The highest BCUT2D eigenvalue weighted by molar-refractivity contribution is 5.94. The van der Waals surface area contributed by atoms with E-state index in [9.17, 15) is 18.7 Å². The highest BCUT2D eigenvalue weighted by atomic mass is 19.1. The molecule has 0 heterocycles. The van der Waals surface area contributed by atoms with Crippen LogP contribution >= 0.6 is 0 Å². The van der Waals surface area contributed by atoms with Gasteiger partial charge in [-0.1, -0.05) is 24.3 Å². The van der Waals surface area contributed by atoms with E-state index in [1.54, 1.807) is 6.07 Å². The Kier molecular flexibility index (Phi) is 4.42. The molecule has 1 atom stereocenters. The van der Waals surface area contributed by atoms with Crippen LogP contribution in [-0.4, -0.2) is 17.6 Å². The van der Waals surface area contributed by atoms with Crippen molar-refractivity contribution in [3.05, 3.63) is 71.3 Å². The van der Waals surface area contributed by atoms with Crippen LogP contribution in [0.4, 0.5) is 8.78 Å². The Hall–Kier alpha value is -2.27. The van der Waals surface area contributed by atoms with Gasteiger partial charge in [-0.05, 0) is 24.3 Å². The molecule has 0 aliphatic carbocycles. The van der Waals surface area contributed by atoms with E-state index >= 15 is 0 Å². The van der Waals surface area contributed by atoms with Crippen molar-refractivity contribution in [1.82, 2.24) is 5.32 Å². The van der Waals surface area contributed by atoms with Crippen molar-refractivity contribution in [2.75, 3.05) is 6.54 Å². The topological polar surface area (TPSA) is 49.3 Å². The largest absolute Gasteiger partial charge is 0.386 e. The van der Waals surface area contributed by atoms with E-state index in [4.69, 9.17) is 0 Å². The van der Waals surface area contributed by atoms with E-state index in [2.05, 4.69) is 5.32 Å². The molecular weight excluding hydrogens is 264 g/mol. The molecule has 0 spiro atoms. The molecule has 0 saturated heterocycles. The highest BCUT2D eigenvalue weighted by Crippen LogP contribution is 2.15. The number of hydrogen-bond acceptors (Lipinski definition) is 2. The van der Waals surface area contributed by atoms with Crippen LogP contribution in [0.15, 0.2) is 48.5 Å². The predicted octanol–water partition coefficient (Wildman–Crippen LogP) is 2.43. The zero-order valence-corrected chi connectivity index (χ0v) is 10.5. The minimum absolute atomic E-state index is 0.104. The highest BCUT2D eigenvalue weighted by Gasteiger charge is 2.14. The fraction of sp³-hybridized carbons (Fsp3) is 0.133. The van der Waals surface area contributed by atoms with E-state index in [0.717, 1.165) is 6.07 Å². The van der Waals surface area contributed by atoms with Crippen molar-refractivity contribution in [3.8, 4) is 0 Å². The van der Waals surface area contributed by atoms with Crippen LogP contribution in [0.25, 0.3) is 0 Å². The molecule has 0 aliphatic heterocycles. The first kappa shape index (κ1) is 14.1. The van der Waals surface area contributed by atoms with E-state index in [0.29, 0.717) is 0 Å². The van der Waals surface area contributed by atoms with Gasteiger partial charge in [0, 0.05) is 17.7 Å². The van der Waals surface area contributed by atoms with Crippen molar-refractivity contribution in [2.45, 2.75) is 6.10 Å². The maximum Gasteiger partial charge on any atom is 0.251 e. The number of nitrogens with one attached hydrogen (secondary N) is 1. The number of benzene rings is 2. The minimum Gasteiger partial charge on any atom is -0.386 e. The lowest BCUT2D eigenvalue weighted by Gasteiger charge is -2.13. The second-order valence-corrected chi connectivity index (χ2v) is 4.26. The quantitative estimate of drug-likeness (QED) is 0.901. The zero-order chi connectivity index (χ0) is 14.5. The van der Waals surface area contributed by atoms with E-state index in [1.165, 1.54) is 36.4 Å². The Morgan fingerprint density at radius 1 is 1.15 bits per heavy atom. The molecule has 0 bridgehead atoms. The van der Waals surface area contributed by atoms with E-state index in [-0.39, 0.29) is 17.7 Å². The molecule has 0 aromatic heterocycles. The first-order valence-corrected chi connectivity index (χ1v) is 6.04. The monoisotopic (exact) mass is 277 g/mol. The van der Waals surface area contributed by atoms with Gasteiger partial charge in [0.25, 0.3) is 5.91 Å². The normalized spacial score (nSPS) is 11.9. The van der Waals surface area contributed by atoms with Crippen LogP contribution in [0, 0.1) is 11.6 Å². The number of rotatable bonds is 4. The van der Waals surface area contributed by atoms with Gasteiger partial charge in [0.15, 0.2) is 0 Å². The number of halogens is 2. The lowest BCUT2D eigenvalue weighted by molar-refractivity contribution is 0.0913. The lowest BCUT2D eigenvalue weighted by Crippen LogP contribution is -2.28.